The van der Waals surface area contributed by atoms with Gasteiger partial charge in [0.15, 0.2) is 0 Å². The van der Waals surface area contributed by atoms with Gasteiger partial charge in [0.05, 0.1) is 0 Å². The molecule has 2 heteroatoms. The van der Waals surface area contributed by atoms with Crippen molar-refractivity contribution in [1.29, 1.82) is 0 Å². The van der Waals surface area contributed by atoms with Gasteiger partial charge in [0.1, 0.15) is 5.78 Å². The number of carbonyl (C=O) groups is 1. The number of carbonyl (C=O) groups excluding carboxylic acids is 1. The molecule has 1 saturated carbocycles. The SMILES string of the molecule is O=C(CCC1CC1)Cc1ccsc1. The van der Waals surface area contributed by atoms with Gasteiger partial charge in [0.2, 0.25) is 0 Å². The van der Waals surface area contributed by atoms with Crippen LogP contribution in [0, 0.1) is 5.92 Å². The van der Waals surface area contributed by atoms with E-state index in [0.717, 1.165) is 18.8 Å². The smallest absolute Gasteiger partial charge is 0.137 e. The fourth-order valence-corrected chi connectivity index (χ4v) is 2.15. The number of hydrogen-bond acceptors (Lipinski definition) is 2. The molecule has 0 aromatic carbocycles. The van der Waals surface area contributed by atoms with E-state index < -0.39 is 0 Å². The Hall–Kier alpha value is -0.630. The Kier molecular flexibility index (Phi) is 2.79. The molecule has 1 heterocycles. The highest BCUT2D eigenvalue weighted by Crippen LogP contribution is 2.33. The van der Waals surface area contributed by atoms with Crippen molar-refractivity contribution in [2.45, 2.75) is 32.1 Å². The summed E-state index contributed by atoms with van der Waals surface area (Å²) in [5.74, 6) is 1.29. The summed E-state index contributed by atoms with van der Waals surface area (Å²) in [5, 5.41) is 4.10. The van der Waals surface area contributed by atoms with E-state index in [9.17, 15) is 4.79 Å². The maximum atomic E-state index is 11.4. The van der Waals surface area contributed by atoms with Crippen LogP contribution in [0.5, 0.6) is 0 Å². The van der Waals surface area contributed by atoms with E-state index in [-0.39, 0.29) is 0 Å². The highest BCUT2D eigenvalue weighted by atomic mass is 32.1. The Balaban J connectivity index is 1.71. The van der Waals surface area contributed by atoms with E-state index in [1.165, 1.54) is 18.4 Å². The number of Topliss-reactive ketones (excluding diaryl/α,β-unsaturated/α-hetero) is 1. The van der Waals surface area contributed by atoms with Crippen LogP contribution in [0.2, 0.25) is 0 Å². The Labute approximate surface area is 82.8 Å². The van der Waals surface area contributed by atoms with Crippen molar-refractivity contribution in [3.05, 3.63) is 22.4 Å². The van der Waals surface area contributed by atoms with Crippen LogP contribution in [0.25, 0.3) is 0 Å². The summed E-state index contributed by atoms with van der Waals surface area (Å²) in [6.45, 7) is 0. The van der Waals surface area contributed by atoms with Crippen molar-refractivity contribution >= 4 is 17.1 Å². The molecule has 0 unspecified atom stereocenters. The Morgan fingerprint density at radius 3 is 3.00 bits per heavy atom. The van der Waals surface area contributed by atoms with Gasteiger partial charge in [0, 0.05) is 12.8 Å². The second-order valence-corrected chi connectivity index (χ2v) is 4.61. The molecule has 1 aliphatic rings. The lowest BCUT2D eigenvalue weighted by molar-refractivity contribution is -0.118. The molecule has 70 valence electrons. The predicted molar refractivity (Wildman–Crippen MR) is 55.0 cm³/mol. The predicted octanol–water partition coefficient (Wildman–Crippen LogP) is 3.05. The largest absolute Gasteiger partial charge is 0.299 e. The molecule has 0 saturated heterocycles. The van der Waals surface area contributed by atoms with Crippen molar-refractivity contribution in [2.75, 3.05) is 0 Å². The molecular weight excluding hydrogens is 180 g/mol. The van der Waals surface area contributed by atoms with Gasteiger partial charge >= 0.3 is 0 Å². The Morgan fingerprint density at radius 1 is 1.54 bits per heavy atom. The highest BCUT2D eigenvalue weighted by molar-refractivity contribution is 7.07. The van der Waals surface area contributed by atoms with Crippen LogP contribution in [0.15, 0.2) is 16.8 Å². The van der Waals surface area contributed by atoms with Crippen molar-refractivity contribution < 1.29 is 4.79 Å². The van der Waals surface area contributed by atoms with Crippen LogP contribution in [-0.2, 0) is 11.2 Å². The monoisotopic (exact) mass is 194 g/mol. The average molecular weight is 194 g/mol. The molecule has 0 atom stereocenters. The second kappa shape index (κ2) is 4.05. The first-order valence-electron chi connectivity index (χ1n) is 4.87. The molecular formula is C11H14OS. The van der Waals surface area contributed by atoms with E-state index in [2.05, 4.69) is 5.38 Å². The molecule has 13 heavy (non-hydrogen) atoms. The minimum absolute atomic E-state index is 0.408. The summed E-state index contributed by atoms with van der Waals surface area (Å²) < 4.78 is 0. The van der Waals surface area contributed by atoms with E-state index in [1.54, 1.807) is 11.3 Å². The van der Waals surface area contributed by atoms with Gasteiger partial charge in [0.25, 0.3) is 0 Å². The molecule has 1 nitrogen and oxygen atoms in total. The topological polar surface area (TPSA) is 17.1 Å². The molecule has 1 aromatic rings. The van der Waals surface area contributed by atoms with Crippen LogP contribution < -0.4 is 0 Å². The lowest BCUT2D eigenvalue weighted by atomic mass is 10.1. The molecule has 0 aliphatic heterocycles. The van der Waals surface area contributed by atoms with Crippen LogP contribution in [0.1, 0.15) is 31.2 Å². The van der Waals surface area contributed by atoms with Gasteiger partial charge in [-0.05, 0) is 34.7 Å². The van der Waals surface area contributed by atoms with Crippen LogP contribution >= 0.6 is 11.3 Å². The zero-order chi connectivity index (χ0) is 9.10. The average Bonchev–Trinajstić information content (AvgIpc) is 2.82. The molecule has 0 amide bonds. The van der Waals surface area contributed by atoms with Crippen LogP contribution in [0.4, 0.5) is 0 Å². The Bertz CT molecular complexity index is 272. The van der Waals surface area contributed by atoms with E-state index in [0.29, 0.717) is 12.2 Å². The van der Waals surface area contributed by atoms with E-state index in [4.69, 9.17) is 0 Å². The molecule has 1 aliphatic carbocycles. The standard InChI is InChI=1S/C11H14OS/c12-11(4-3-9-1-2-9)7-10-5-6-13-8-10/h5-6,8-9H,1-4,7H2. The zero-order valence-electron chi connectivity index (χ0n) is 7.66. The van der Waals surface area contributed by atoms with Gasteiger partial charge in [-0.15, -0.1) is 0 Å². The molecule has 1 fully saturated rings. The van der Waals surface area contributed by atoms with Gasteiger partial charge < -0.3 is 0 Å². The summed E-state index contributed by atoms with van der Waals surface area (Å²) in [4.78, 5) is 11.4. The van der Waals surface area contributed by atoms with Gasteiger partial charge in [-0.25, -0.2) is 0 Å². The minimum Gasteiger partial charge on any atom is -0.299 e. The van der Waals surface area contributed by atoms with Gasteiger partial charge in [-0.2, -0.15) is 11.3 Å². The fraction of sp³-hybridized carbons (Fsp3) is 0.545. The van der Waals surface area contributed by atoms with E-state index in [1.807, 2.05) is 11.4 Å². The zero-order valence-corrected chi connectivity index (χ0v) is 8.48. The lowest BCUT2D eigenvalue weighted by Gasteiger charge is -1.97. The van der Waals surface area contributed by atoms with E-state index >= 15 is 0 Å². The second-order valence-electron chi connectivity index (χ2n) is 3.83. The van der Waals surface area contributed by atoms with Crippen molar-refractivity contribution in [2.24, 2.45) is 5.92 Å². The van der Waals surface area contributed by atoms with Crippen LogP contribution in [0.3, 0.4) is 0 Å². The summed E-state index contributed by atoms with van der Waals surface area (Å²) in [6.07, 6.45) is 5.27. The first-order valence-corrected chi connectivity index (χ1v) is 5.81. The van der Waals surface area contributed by atoms with Crippen molar-refractivity contribution in [3.63, 3.8) is 0 Å². The van der Waals surface area contributed by atoms with Crippen molar-refractivity contribution in [3.8, 4) is 0 Å². The summed E-state index contributed by atoms with van der Waals surface area (Å²) in [5.41, 5.74) is 1.19. The number of hydrogen-bond donors (Lipinski definition) is 0. The Morgan fingerprint density at radius 2 is 2.38 bits per heavy atom. The molecule has 0 N–H and O–H groups in total. The third kappa shape index (κ3) is 2.96. The first kappa shape index (κ1) is 8.95. The minimum atomic E-state index is 0.408. The van der Waals surface area contributed by atoms with Crippen LogP contribution in [-0.4, -0.2) is 5.78 Å². The molecule has 0 bridgehead atoms. The fourth-order valence-electron chi connectivity index (χ4n) is 1.48. The third-order valence-electron chi connectivity index (χ3n) is 2.51. The molecule has 1 aromatic heterocycles. The first-order chi connectivity index (χ1) is 6.34. The summed E-state index contributed by atoms with van der Waals surface area (Å²) in [7, 11) is 0. The summed E-state index contributed by atoms with van der Waals surface area (Å²) in [6, 6.07) is 2.04. The highest BCUT2D eigenvalue weighted by Gasteiger charge is 2.21. The third-order valence-corrected chi connectivity index (χ3v) is 3.24. The molecule has 0 radical (unpaired) electrons. The van der Waals surface area contributed by atoms with Gasteiger partial charge in [-0.3, -0.25) is 4.79 Å². The maximum absolute atomic E-state index is 11.4. The molecule has 0 spiro atoms. The van der Waals surface area contributed by atoms with Crippen molar-refractivity contribution in [1.82, 2.24) is 0 Å². The quantitative estimate of drug-likeness (QED) is 0.704. The maximum Gasteiger partial charge on any atom is 0.137 e. The molecule has 2 rings (SSSR count). The number of rotatable bonds is 5. The van der Waals surface area contributed by atoms with Gasteiger partial charge in [-0.1, -0.05) is 12.8 Å². The number of thiophene rings is 1. The summed E-state index contributed by atoms with van der Waals surface area (Å²) >= 11 is 1.67. The normalized spacial score (nSPS) is 16.0. The lowest BCUT2D eigenvalue weighted by Crippen LogP contribution is -2.01. The number of ketones is 1.